The normalized spacial score (nSPS) is 9.74. The minimum Gasteiger partial charge on any atom is -0.466 e. The van der Waals surface area contributed by atoms with Crippen molar-refractivity contribution in [2.45, 2.75) is 20.0 Å². The van der Waals surface area contributed by atoms with E-state index in [1.54, 1.807) is 13.0 Å². The zero-order valence-corrected chi connectivity index (χ0v) is 10.3. The van der Waals surface area contributed by atoms with Crippen LogP contribution in [0.5, 0.6) is 0 Å². The first-order valence-electron chi connectivity index (χ1n) is 5.50. The van der Waals surface area contributed by atoms with Crippen LogP contribution < -0.4 is 0 Å². The molecule has 1 rings (SSSR count). The number of non-ortho nitro benzene ring substituents is 1. The lowest BCUT2D eigenvalue weighted by atomic mass is 9.98. The van der Waals surface area contributed by atoms with Gasteiger partial charge in [0.2, 0.25) is 0 Å². The molecular weight excluding hydrogens is 252 g/mol. The van der Waals surface area contributed by atoms with Gasteiger partial charge in [-0.1, -0.05) is 0 Å². The second-order valence-corrected chi connectivity index (χ2v) is 3.64. The topological polar surface area (TPSA) is 113 Å². The molecule has 0 aliphatic heterocycles. The van der Waals surface area contributed by atoms with Crippen LogP contribution >= 0.6 is 0 Å². The summed E-state index contributed by atoms with van der Waals surface area (Å²) in [6.45, 7) is 1.35. The summed E-state index contributed by atoms with van der Waals surface area (Å²) in [4.78, 5) is 21.5. The van der Waals surface area contributed by atoms with Gasteiger partial charge in [-0.25, -0.2) is 0 Å². The van der Waals surface area contributed by atoms with E-state index in [2.05, 4.69) is 0 Å². The van der Waals surface area contributed by atoms with Crippen molar-refractivity contribution in [2.75, 3.05) is 6.61 Å². The van der Waals surface area contributed by atoms with Gasteiger partial charge in [0.1, 0.15) is 0 Å². The van der Waals surface area contributed by atoms with Crippen LogP contribution in [0.3, 0.4) is 0 Å². The molecular formula is C12H12N2O5. The number of nitriles is 1. The molecule has 0 saturated heterocycles. The van der Waals surface area contributed by atoms with E-state index in [0.29, 0.717) is 0 Å². The number of aliphatic hydroxyl groups excluding tert-OH is 1. The van der Waals surface area contributed by atoms with Crippen LogP contribution in [0.1, 0.15) is 23.6 Å². The third kappa shape index (κ3) is 3.50. The van der Waals surface area contributed by atoms with Crippen molar-refractivity contribution in [3.8, 4) is 6.07 Å². The number of benzene rings is 1. The van der Waals surface area contributed by atoms with Crippen LogP contribution in [0, 0.1) is 21.4 Å². The monoisotopic (exact) mass is 264 g/mol. The number of nitro benzene ring substituents is 1. The van der Waals surface area contributed by atoms with Crippen LogP contribution in [-0.2, 0) is 22.6 Å². The second-order valence-electron chi connectivity index (χ2n) is 3.64. The van der Waals surface area contributed by atoms with Gasteiger partial charge in [0.25, 0.3) is 5.69 Å². The summed E-state index contributed by atoms with van der Waals surface area (Å²) in [5, 5.41) is 28.9. The molecule has 0 aromatic heterocycles. The first-order valence-corrected chi connectivity index (χ1v) is 5.50. The van der Waals surface area contributed by atoms with Gasteiger partial charge < -0.3 is 9.84 Å². The quantitative estimate of drug-likeness (QED) is 0.483. The third-order valence-electron chi connectivity index (χ3n) is 2.46. The predicted molar refractivity (Wildman–Crippen MR) is 64.1 cm³/mol. The molecule has 100 valence electrons. The molecule has 0 aliphatic carbocycles. The van der Waals surface area contributed by atoms with Crippen LogP contribution in [0.2, 0.25) is 0 Å². The third-order valence-corrected chi connectivity index (χ3v) is 2.46. The van der Waals surface area contributed by atoms with Crippen LogP contribution in [0.4, 0.5) is 5.69 Å². The van der Waals surface area contributed by atoms with Crippen molar-refractivity contribution in [1.82, 2.24) is 0 Å². The molecule has 7 heteroatoms. The maximum absolute atomic E-state index is 11.4. The largest absolute Gasteiger partial charge is 0.466 e. The fraction of sp³-hybridized carbons (Fsp3) is 0.333. The summed E-state index contributed by atoms with van der Waals surface area (Å²) in [6, 6.07) is 4.02. The highest BCUT2D eigenvalue weighted by Crippen LogP contribution is 2.23. The van der Waals surface area contributed by atoms with Crippen molar-refractivity contribution in [3.63, 3.8) is 0 Å². The summed E-state index contributed by atoms with van der Waals surface area (Å²) in [6.07, 6.45) is -0.204. The van der Waals surface area contributed by atoms with Crippen molar-refractivity contribution < 1.29 is 19.6 Å². The van der Waals surface area contributed by atoms with E-state index in [9.17, 15) is 20.0 Å². The number of nitro groups is 1. The van der Waals surface area contributed by atoms with E-state index in [4.69, 9.17) is 10.00 Å². The fourth-order valence-electron chi connectivity index (χ4n) is 1.63. The molecule has 0 bridgehead atoms. The van der Waals surface area contributed by atoms with E-state index in [1.807, 2.05) is 0 Å². The Morgan fingerprint density at radius 1 is 1.58 bits per heavy atom. The Morgan fingerprint density at radius 3 is 2.74 bits per heavy atom. The molecule has 0 aliphatic rings. The van der Waals surface area contributed by atoms with Crippen molar-refractivity contribution in [2.24, 2.45) is 0 Å². The number of rotatable bonds is 5. The highest BCUT2D eigenvalue weighted by Gasteiger charge is 2.18. The predicted octanol–water partition coefficient (Wildman–Crippen LogP) is 1.06. The SMILES string of the molecule is CCOC(=O)Cc1c(C#N)cc([N+](=O)[O-])cc1CO. The maximum atomic E-state index is 11.4. The van der Waals surface area contributed by atoms with Crippen LogP contribution in [-0.4, -0.2) is 22.6 Å². The highest BCUT2D eigenvalue weighted by molar-refractivity contribution is 5.74. The summed E-state index contributed by atoms with van der Waals surface area (Å²) in [7, 11) is 0. The number of esters is 1. The number of hydrogen-bond donors (Lipinski definition) is 1. The van der Waals surface area contributed by atoms with E-state index in [1.165, 1.54) is 0 Å². The molecule has 0 unspecified atom stereocenters. The number of nitrogens with zero attached hydrogens (tertiary/aromatic N) is 2. The number of ether oxygens (including phenoxy) is 1. The molecule has 0 fully saturated rings. The number of aliphatic hydroxyl groups is 1. The molecule has 1 N–H and O–H groups in total. The Labute approximate surface area is 109 Å². The van der Waals surface area contributed by atoms with Gasteiger partial charge in [0, 0.05) is 12.1 Å². The Morgan fingerprint density at radius 2 is 2.26 bits per heavy atom. The molecule has 0 amide bonds. The molecule has 0 heterocycles. The zero-order valence-electron chi connectivity index (χ0n) is 10.3. The van der Waals surface area contributed by atoms with Gasteiger partial charge in [-0.3, -0.25) is 14.9 Å². The smallest absolute Gasteiger partial charge is 0.310 e. The summed E-state index contributed by atoms with van der Waals surface area (Å²) >= 11 is 0. The van der Waals surface area contributed by atoms with Gasteiger partial charge in [-0.05, 0) is 18.1 Å². The summed E-state index contributed by atoms with van der Waals surface area (Å²) < 4.78 is 4.76. The lowest BCUT2D eigenvalue weighted by Gasteiger charge is -2.09. The van der Waals surface area contributed by atoms with Crippen molar-refractivity contribution in [1.29, 1.82) is 5.26 Å². The fourth-order valence-corrected chi connectivity index (χ4v) is 1.63. The minimum atomic E-state index is -0.659. The van der Waals surface area contributed by atoms with Gasteiger partial charge in [-0.15, -0.1) is 0 Å². The first kappa shape index (κ1) is 14.6. The maximum Gasteiger partial charge on any atom is 0.310 e. The van der Waals surface area contributed by atoms with E-state index >= 15 is 0 Å². The summed E-state index contributed by atoms with van der Waals surface area (Å²) in [5.41, 5.74) is 0.132. The minimum absolute atomic E-state index is 0.00805. The average Bonchev–Trinajstić information content (AvgIpc) is 2.38. The van der Waals surface area contributed by atoms with Crippen molar-refractivity contribution >= 4 is 11.7 Å². The van der Waals surface area contributed by atoms with E-state index < -0.39 is 17.5 Å². The van der Waals surface area contributed by atoms with E-state index in [-0.39, 0.29) is 35.4 Å². The van der Waals surface area contributed by atoms with Gasteiger partial charge in [-0.2, -0.15) is 5.26 Å². The Balaban J connectivity index is 3.25. The Hall–Kier alpha value is -2.46. The molecule has 19 heavy (non-hydrogen) atoms. The number of hydrogen-bond acceptors (Lipinski definition) is 6. The van der Waals surface area contributed by atoms with Gasteiger partial charge in [0.05, 0.1) is 36.2 Å². The molecule has 0 spiro atoms. The van der Waals surface area contributed by atoms with Crippen LogP contribution in [0.15, 0.2) is 12.1 Å². The van der Waals surface area contributed by atoms with Crippen molar-refractivity contribution in [3.05, 3.63) is 38.9 Å². The molecule has 0 radical (unpaired) electrons. The standard InChI is InChI=1S/C12H12N2O5/c1-2-19-12(16)5-11-8(6-13)3-10(14(17)18)4-9(11)7-15/h3-4,15H,2,5,7H2,1H3. The number of carbonyl (C=O) groups excluding carboxylic acids is 1. The lowest BCUT2D eigenvalue weighted by Crippen LogP contribution is -2.11. The molecule has 1 aromatic carbocycles. The Kier molecular flexibility index (Phi) is 4.97. The first-order chi connectivity index (χ1) is 9.03. The molecule has 0 atom stereocenters. The molecule has 7 nitrogen and oxygen atoms in total. The molecule has 0 saturated carbocycles. The highest BCUT2D eigenvalue weighted by atomic mass is 16.6. The number of carbonyl (C=O) groups is 1. The van der Waals surface area contributed by atoms with Gasteiger partial charge in [0.15, 0.2) is 0 Å². The van der Waals surface area contributed by atoms with E-state index in [0.717, 1.165) is 12.1 Å². The second kappa shape index (κ2) is 6.47. The lowest BCUT2D eigenvalue weighted by molar-refractivity contribution is -0.385. The van der Waals surface area contributed by atoms with Crippen LogP contribution in [0.25, 0.3) is 0 Å². The average molecular weight is 264 g/mol. The summed E-state index contributed by atoms with van der Waals surface area (Å²) in [5.74, 6) is -0.553. The zero-order chi connectivity index (χ0) is 14.4. The van der Waals surface area contributed by atoms with Gasteiger partial charge >= 0.3 is 5.97 Å². The Bertz CT molecular complexity index is 548. The molecule has 1 aromatic rings.